The number of nitrogens with zero attached hydrogens (tertiary/aromatic N) is 3. The molecule has 0 saturated carbocycles. The van der Waals surface area contributed by atoms with Crippen molar-refractivity contribution < 1.29 is 9.53 Å². The van der Waals surface area contributed by atoms with Crippen LogP contribution in [0.15, 0.2) is 5.11 Å². The summed E-state index contributed by atoms with van der Waals surface area (Å²) in [4.78, 5) is 14.1. The van der Waals surface area contributed by atoms with E-state index in [9.17, 15) is 4.79 Å². The maximum absolute atomic E-state index is 11.4. The van der Waals surface area contributed by atoms with Crippen molar-refractivity contribution in [3.8, 4) is 12.3 Å². The zero-order valence-corrected chi connectivity index (χ0v) is 10.1. The highest BCUT2D eigenvalue weighted by Gasteiger charge is 2.07. The standard InChI is InChI=1S/C11H18N4O2/c1-3-8-17-9-7-13-11(16)6-5-10(4-2)14-15-12/h1,10H,4-9H2,2H3,(H,13,16). The van der Waals surface area contributed by atoms with Gasteiger partial charge in [-0.2, -0.15) is 0 Å². The molecule has 1 atom stereocenters. The fraction of sp³-hybridized carbons (Fsp3) is 0.727. The number of hydrogen-bond donors (Lipinski definition) is 1. The van der Waals surface area contributed by atoms with Crippen LogP contribution in [0.3, 0.4) is 0 Å². The summed E-state index contributed by atoms with van der Waals surface area (Å²) in [5.41, 5.74) is 8.28. The molecule has 17 heavy (non-hydrogen) atoms. The van der Waals surface area contributed by atoms with E-state index in [1.165, 1.54) is 0 Å². The highest BCUT2D eigenvalue weighted by Crippen LogP contribution is 2.06. The molecule has 1 unspecified atom stereocenters. The number of ether oxygens (including phenoxy) is 1. The van der Waals surface area contributed by atoms with Crippen LogP contribution >= 0.6 is 0 Å². The van der Waals surface area contributed by atoms with Crippen LogP contribution in [0.25, 0.3) is 10.4 Å². The SMILES string of the molecule is C#CCOCCNC(=O)CCC(CC)N=[N+]=[N-]. The van der Waals surface area contributed by atoms with Gasteiger partial charge >= 0.3 is 0 Å². The lowest BCUT2D eigenvalue weighted by Crippen LogP contribution is -2.27. The van der Waals surface area contributed by atoms with E-state index in [2.05, 4.69) is 21.3 Å². The van der Waals surface area contributed by atoms with Crippen LogP contribution in [-0.2, 0) is 9.53 Å². The van der Waals surface area contributed by atoms with Gasteiger partial charge in [0, 0.05) is 23.9 Å². The topological polar surface area (TPSA) is 87.1 Å². The number of carbonyl (C=O) groups excluding carboxylic acids is 1. The highest BCUT2D eigenvalue weighted by molar-refractivity contribution is 5.75. The minimum atomic E-state index is -0.108. The number of nitrogens with one attached hydrogen (secondary N) is 1. The molecular formula is C11H18N4O2. The van der Waals surface area contributed by atoms with Crippen molar-refractivity contribution in [1.82, 2.24) is 5.32 Å². The second-order valence-electron chi connectivity index (χ2n) is 3.41. The van der Waals surface area contributed by atoms with Crippen LogP contribution in [0.5, 0.6) is 0 Å². The summed E-state index contributed by atoms with van der Waals surface area (Å²) in [6, 6.07) is -0.108. The van der Waals surface area contributed by atoms with Gasteiger partial charge in [0.25, 0.3) is 0 Å². The summed E-state index contributed by atoms with van der Waals surface area (Å²) in [5.74, 6) is 2.27. The van der Waals surface area contributed by atoms with E-state index < -0.39 is 0 Å². The van der Waals surface area contributed by atoms with Crippen LogP contribution in [0, 0.1) is 12.3 Å². The van der Waals surface area contributed by atoms with Gasteiger partial charge in [-0.05, 0) is 18.4 Å². The number of terminal acetylenes is 1. The van der Waals surface area contributed by atoms with Gasteiger partial charge in [-0.15, -0.1) is 6.42 Å². The van der Waals surface area contributed by atoms with E-state index in [-0.39, 0.29) is 18.6 Å². The molecule has 0 fully saturated rings. The van der Waals surface area contributed by atoms with E-state index in [0.29, 0.717) is 26.0 Å². The normalized spacial score (nSPS) is 11.1. The molecule has 0 radical (unpaired) electrons. The van der Waals surface area contributed by atoms with E-state index in [1.807, 2.05) is 6.92 Å². The Kier molecular flexibility index (Phi) is 9.73. The van der Waals surface area contributed by atoms with E-state index in [1.54, 1.807) is 0 Å². The first-order valence-electron chi connectivity index (χ1n) is 5.56. The van der Waals surface area contributed by atoms with Gasteiger partial charge in [-0.3, -0.25) is 4.79 Å². The van der Waals surface area contributed by atoms with Crippen LogP contribution in [0.2, 0.25) is 0 Å². The van der Waals surface area contributed by atoms with Gasteiger partial charge in [-0.1, -0.05) is 18.0 Å². The zero-order valence-electron chi connectivity index (χ0n) is 10.1. The van der Waals surface area contributed by atoms with Crippen molar-refractivity contribution in [3.05, 3.63) is 10.4 Å². The van der Waals surface area contributed by atoms with Crippen molar-refractivity contribution in [2.45, 2.75) is 32.2 Å². The summed E-state index contributed by atoms with van der Waals surface area (Å²) in [6.07, 6.45) is 6.65. The van der Waals surface area contributed by atoms with Crippen molar-refractivity contribution >= 4 is 5.91 Å². The van der Waals surface area contributed by atoms with Gasteiger partial charge in [0.15, 0.2) is 0 Å². The Hall–Kier alpha value is -1.70. The Morgan fingerprint density at radius 1 is 1.71 bits per heavy atom. The monoisotopic (exact) mass is 238 g/mol. The Labute approximate surface area is 101 Å². The average molecular weight is 238 g/mol. The molecule has 0 aliphatic heterocycles. The van der Waals surface area contributed by atoms with Crippen LogP contribution < -0.4 is 5.32 Å². The van der Waals surface area contributed by atoms with Gasteiger partial charge in [0.05, 0.1) is 6.61 Å². The number of rotatable bonds is 9. The van der Waals surface area contributed by atoms with Crippen LogP contribution in [-0.4, -0.2) is 31.7 Å². The molecule has 1 amide bonds. The summed E-state index contributed by atoms with van der Waals surface area (Å²) in [6.45, 7) is 3.03. The summed E-state index contributed by atoms with van der Waals surface area (Å²) in [5, 5.41) is 6.28. The molecule has 0 aromatic rings. The molecule has 0 heterocycles. The Morgan fingerprint density at radius 3 is 3.06 bits per heavy atom. The van der Waals surface area contributed by atoms with Gasteiger partial charge in [0.2, 0.25) is 5.91 Å². The predicted octanol–water partition coefficient (Wildman–Crippen LogP) is 1.62. The molecule has 6 nitrogen and oxygen atoms in total. The summed E-state index contributed by atoms with van der Waals surface area (Å²) in [7, 11) is 0. The lowest BCUT2D eigenvalue weighted by molar-refractivity contribution is -0.121. The number of carbonyl (C=O) groups is 1. The minimum absolute atomic E-state index is 0.0686. The van der Waals surface area contributed by atoms with E-state index >= 15 is 0 Å². The first-order chi connectivity index (χ1) is 8.24. The van der Waals surface area contributed by atoms with Gasteiger partial charge in [0.1, 0.15) is 6.61 Å². The molecule has 0 saturated heterocycles. The summed E-state index contributed by atoms with van der Waals surface area (Å²) >= 11 is 0. The quantitative estimate of drug-likeness (QED) is 0.217. The van der Waals surface area contributed by atoms with Crippen molar-refractivity contribution in [2.75, 3.05) is 19.8 Å². The molecular weight excluding hydrogens is 220 g/mol. The van der Waals surface area contributed by atoms with Crippen LogP contribution in [0.4, 0.5) is 0 Å². The fourth-order valence-corrected chi connectivity index (χ4v) is 1.20. The van der Waals surface area contributed by atoms with E-state index in [4.69, 9.17) is 16.7 Å². The molecule has 0 bridgehead atoms. The Morgan fingerprint density at radius 2 is 2.47 bits per heavy atom. The third kappa shape index (κ3) is 9.24. The third-order valence-electron chi connectivity index (χ3n) is 2.14. The highest BCUT2D eigenvalue weighted by atomic mass is 16.5. The van der Waals surface area contributed by atoms with Crippen LogP contribution in [0.1, 0.15) is 26.2 Å². The molecule has 94 valence electrons. The predicted molar refractivity (Wildman–Crippen MR) is 65.1 cm³/mol. The summed E-state index contributed by atoms with van der Waals surface area (Å²) < 4.78 is 5.00. The first kappa shape index (κ1) is 15.3. The maximum Gasteiger partial charge on any atom is 0.220 e. The third-order valence-corrected chi connectivity index (χ3v) is 2.14. The number of hydrogen-bond acceptors (Lipinski definition) is 3. The lowest BCUT2D eigenvalue weighted by Gasteiger charge is -2.08. The molecule has 1 N–H and O–H groups in total. The Balaban J connectivity index is 3.58. The van der Waals surface area contributed by atoms with Gasteiger partial charge in [-0.25, -0.2) is 0 Å². The average Bonchev–Trinajstić information content (AvgIpc) is 2.34. The lowest BCUT2D eigenvalue weighted by atomic mass is 10.1. The second kappa shape index (κ2) is 10.8. The van der Waals surface area contributed by atoms with Crippen molar-refractivity contribution in [2.24, 2.45) is 5.11 Å². The molecule has 0 rings (SSSR count). The molecule has 0 aliphatic rings. The fourth-order valence-electron chi connectivity index (χ4n) is 1.20. The largest absolute Gasteiger partial charge is 0.367 e. The smallest absolute Gasteiger partial charge is 0.220 e. The number of amides is 1. The molecule has 0 aromatic heterocycles. The zero-order chi connectivity index (χ0) is 12.9. The number of azide groups is 1. The molecule has 0 spiro atoms. The molecule has 0 aromatic carbocycles. The minimum Gasteiger partial charge on any atom is -0.367 e. The molecule has 0 aliphatic carbocycles. The molecule has 6 heteroatoms. The second-order valence-corrected chi connectivity index (χ2v) is 3.41. The van der Waals surface area contributed by atoms with Crippen molar-refractivity contribution in [1.29, 1.82) is 0 Å². The first-order valence-corrected chi connectivity index (χ1v) is 5.56. The van der Waals surface area contributed by atoms with E-state index in [0.717, 1.165) is 6.42 Å². The van der Waals surface area contributed by atoms with Gasteiger partial charge < -0.3 is 10.1 Å². The van der Waals surface area contributed by atoms with Crippen molar-refractivity contribution in [3.63, 3.8) is 0 Å². The Bertz CT molecular complexity index is 305. The maximum atomic E-state index is 11.4.